The minimum atomic E-state index is -0.0824. The highest BCUT2D eigenvalue weighted by Gasteiger charge is 2.33. The molecule has 92 valence electrons. The molecule has 1 unspecified atom stereocenters. The molecule has 0 aromatic rings. The number of quaternary nitrogens is 1. The van der Waals surface area contributed by atoms with E-state index in [2.05, 4.69) is 6.92 Å². The van der Waals surface area contributed by atoms with Gasteiger partial charge >= 0.3 is 0 Å². The number of nitrogens with two attached hydrogens (primary N) is 1. The second-order valence-electron chi connectivity index (χ2n) is 5.82. The number of primary amides is 1. The monoisotopic (exact) mass is 225 g/mol. The Morgan fingerprint density at radius 2 is 2.06 bits per heavy atom. The van der Waals surface area contributed by atoms with E-state index in [1.54, 1.807) is 4.90 Å². The first-order valence-corrected chi connectivity index (χ1v) is 6.80. The molecule has 0 radical (unpaired) electrons. The molecule has 3 nitrogen and oxygen atoms in total. The fourth-order valence-corrected chi connectivity index (χ4v) is 3.51. The summed E-state index contributed by atoms with van der Waals surface area (Å²) < 4.78 is 0. The van der Waals surface area contributed by atoms with Crippen molar-refractivity contribution in [2.45, 2.75) is 51.5 Å². The highest BCUT2D eigenvalue weighted by molar-refractivity contribution is 5.76. The number of carbonyl (C=O) groups is 1. The molecule has 2 aliphatic rings. The number of amides is 1. The molecule has 0 spiro atoms. The Labute approximate surface area is 98.4 Å². The molecule has 1 aliphatic heterocycles. The average Bonchev–Trinajstić information content (AvgIpc) is 2.29. The fourth-order valence-electron chi connectivity index (χ4n) is 3.51. The molecule has 2 rings (SSSR count). The summed E-state index contributed by atoms with van der Waals surface area (Å²) in [7, 11) is 0. The van der Waals surface area contributed by atoms with Gasteiger partial charge in [-0.3, -0.25) is 4.79 Å². The van der Waals surface area contributed by atoms with Crippen molar-refractivity contribution in [2.24, 2.45) is 17.6 Å². The first-order chi connectivity index (χ1) is 7.66. The first kappa shape index (κ1) is 11.9. The fraction of sp³-hybridized carbons (Fsp3) is 0.923. The number of likely N-dealkylation sites (tertiary alicyclic amines) is 1. The smallest absolute Gasteiger partial charge is 0.226 e. The van der Waals surface area contributed by atoms with Crippen molar-refractivity contribution < 1.29 is 9.69 Å². The third-order valence-electron chi connectivity index (χ3n) is 4.48. The van der Waals surface area contributed by atoms with Gasteiger partial charge in [0.25, 0.3) is 0 Å². The molecular weight excluding hydrogens is 200 g/mol. The number of rotatable bonds is 2. The Morgan fingerprint density at radius 1 is 1.25 bits per heavy atom. The summed E-state index contributed by atoms with van der Waals surface area (Å²) in [5.41, 5.74) is 5.43. The SMILES string of the molecule is C[C@H]1CCC[C@@H]([NH+]2CCC[C@H](C(N)=O)C2)C1. The molecule has 1 saturated heterocycles. The topological polar surface area (TPSA) is 47.5 Å². The van der Waals surface area contributed by atoms with Gasteiger partial charge in [0.05, 0.1) is 25.0 Å². The second-order valence-corrected chi connectivity index (χ2v) is 5.82. The zero-order valence-corrected chi connectivity index (χ0v) is 10.4. The van der Waals surface area contributed by atoms with Gasteiger partial charge in [-0.05, 0) is 31.6 Å². The number of carbonyl (C=O) groups excluding carboxylic acids is 1. The maximum Gasteiger partial charge on any atom is 0.226 e. The molecule has 0 aromatic heterocycles. The van der Waals surface area contributed by atoms with Crippen molar-refractivity contribution in [3.8, 4) is 0 Å². The third kappa shape index (κ3) is 2.76. The molecule has 4 atom stereocenters. The predicted octanol–water partition coefficient (Wildman–Crippen LogP) is 0.345. The number of hydrogen-bond donors (Lipinski definition) is 2. The minimum absolute atomic E-state index is 0.0824. The lowest BCUT2D eigenvalue weighted by Crippen LogP contribution is -3.17. The maximum absolute atomic E-state index is 11.3. The predicted molar refractivity (Wildman–Crippen MR) is 64.0 cm³/mol. The van der Waals surface area contributed by atoms with Crippen LogP contribution >= 0.6 is 0 Å². The largest absolute Gasteiger partial charge is 0.369 e. The molecule has 0 aromatic carbocycles. The van der Waals surface area contributed by atoms with Crippen LogP contribution in [-0.2, 0) is 4.79 Å². The zero-order chi connectivity index (χ0) is 11.5. The van der Waals surface area contributed by atoms with Crippen molar-refractivity contribution in [1.82, 2.24) is 0 Å². The summed E-state index contributed by atoms with van der Waals surface area (Å²) in [6.07, 6.45) is 7.65. The van der Waals surface area contributed by atoms with Crippen LogP contribution in [0.15, 0.2) is 0 Å². The molecule has 1 aliphatic carbocycles. The van der Waals surface area contributed by atoms with E-state index in [-0.39, 0.29) is 11.8 Å². The number of nitrogens with one attached hydrogen (secondary N) is 1. The van der Waals surface area contributed by atoms with E-state index in [1.165, 1.54) is 38.6 Å². The molecule has 1 saturated carbocycles. The van der Waals surface area contributed by atoms with E-state index < -0.39 is 0 Å². The molecular formula is C13H25N2O+. The number of hydrogen-bond acceptors (Lipinski definition) is 1. The quantitative estimate of drug-likeness (QED) is 0.700. The van der Waals surface area contributed by atoms with Gasteiger partial charge in [-0.25, -0.2) is 0 Å². The van der Waals surface area contributed by atoms with Crippen molar-refractivity contribution in [3.63, 3.8) is 0 Å². The summed E-state index contributed by atoms with van der Waals surface area (Å²) in [6, 6.07) is 0.797. The van der Waals surface area contributed by atoms with Crippen LogP contribution in [0.25, 0.3) is 0 Å². The normalized spacial score (nSPS) is 40.6. The van der Waals surface area contributed by atoms with Gasteiger partial charge in [0, 0.05) is 6.42 Å². The maximum atomic E-state index is 11.3. The summed E-state index contributed by atoms with van der Waals surface area (Å²) in [6.45, 7) is 4.61. The Bertz CT molecular complexity index is 254. The molecule has 0 bridgehead atoms. The van der Waals surface area contributed by atoms with Crippen LogP contribution in [0.4, 0.5) is 0 Å². The Hall–Kier alpha value is -0.570. The second kappa shape index (κ2) is 5.17. The van der Waals surface area contributed by atoms with E-state index in [0.29, 0.717) is 0 Å². The lowest BCUT2D eigenvalue weighted by Gasteiger charge is -2.37. The first-order valence-electron chi connectivity index (χ1n) is 6.80. The highest BCUT2D eigenvalue weighted by Crippen LogP contribution is 2.22. The van der Waals surface area contributed by atoms with Crippen LogP contribution < -0.4 is 10.6 Å². The van der Waals surface area contributed by atoms with Gasteiger partial charge in [-0.1, -0.05) is 13.3 Å². The van der Waals surface area contributed by atoms with Crippen LogP contribution in [0.1, 0.15) is 45.4 Å². The van der Waals surface area contributed by atoms with Crippen LogP contribution in [0.5, 0.6) is 0 Å². The lowest BCUT2D eigenvalue weighted by molar-refractivity contribution is -0.934. The third-order valence-corrected chi connectivity index (χ3v) is 4.48. The molecule has 1 heterocycles. The highest BCUT2D eigenvalue weighted by atomic mass is 16.1. The molecule has 2 fully saturated rings. The van der Waals surface area contributed by atoms with Crippen LogP contribution in [0.2, 0.25) is 0 Å². The van der Waals surface area contributed by atoms with E-state index in [1.807, 2.05) is 0 Å². The van der Waals surface area contributed by atoms with E-state index >= 15 is 0 Å². The molecule has 16 heavy (non-hydrogen) atoms. The van der Waals surface area contributed by atoms with E-state index in [0.717, 1.165) is 24.9 Å². The minimum Gasteiger partial charge on any atom is -0.369 e. The van der Waals surface area contributed by atoms with Crippen molar-refractivity contribution >= 4 is 5.91 Å². The standard InChI is InChI=1S/C13H24N2O/c1-10-4-2-6-12(8-10)15-7-3-5-11(9-15)13(14)16/h10-12H,2-9H2,1H3,(H2,14,16)/p+1/t10-,11-,12+/m0/s1. The Kier molecular flexibility index (Phi) is 3.85. The number of piperidine rings is 1. The van der Waals surface area contributed by atoms with Gasteiger partial charge in [0.15, 0.2) is 0 Å². The van der Waals surface area contributed by atoms with Crippen LogP contribution in [0, 0.1) is 11.8 Å². The van der Waals surface area contributed by atoms with Gasteiger partial charge in [-0.2, -0.15) is 0 Å². The zero-order valence-electron chi connectivity index (χ0n) is 10.4. The molecule has 3 N–H and O–H groups in total. The van der Waals surface area contributed by atoms with Crippen LogP contribution in [0.3, 0.4) is 0 Å². The summed E-state index contributed by atoms with van der Waals surface area (Å²) >= 11 is 0. The van der Waals surface area contributed by atoms with E-state index in [4.69, 9.17) is 5.73 Å². The van der Waals surface area contributed by atoms with Crippen molar-refractivity contribution in [1.29, 1.82) is 0 Å². The average molecular weight is 225 g/mol. The molecule has 3 heteroatoms. The lowest BCUT2D eigenvalue weighted by atomic mass is 9.84. The van der Waals surface area contributed by atoms with Gasteiger partial charge < -0.3 is 10.6 Å². The Balaban J connectivity index is 1.90. The van der Waals surface area contributed by atoms with Crippen molar-refractivity contribution in [2.75, 3.05) is 13.1 Å². The Morgan fingerprint density at radius 3 is 2.75 bits per heavy atom. The van der Waals surface area contributed by atoms with Gasteiger partial charge in [0.1, 0.15) is 0 Å². The molecule has 1 amide bonds. The van der Waals surface area contributed by atoms with Crippen LogP contribution in [-0.4, -0.2) is 25.0 Å². The van der Waals surface area contributed by atoms with Crippen molar-refractivity contribution in [3.05, 3.63) is 0 Å². The van der Waals surface area contributed by atoms with Gasteiger partial charge in [0.2, 0.25) is 5.91 Å². The van der Waals surface area contributed by atoms with E-state index in [9.17, 15) is 4.79 Å². The summed E-state index contributed by atoms with van der Waals surface area (Å²) in [4.78, 5) is 12.9. The summed E-state index contributed by atoms with van der Waals surface area (Å²) in [5, 5.41) is 0. The van der Waals surface area contributed by atoms with Gasteiger partial charge in [-0.15, -0.1) is 0 Å². The summed E-state index contributed by atoms with van der Waals surface area (Å²) in [5.74, 6) is 0.933.